The molecule has 3 aromatic carbocycles. The molecule has 0 radical (unpaired) electrons. The highest BCUT2D eigenvalue weighted by Crippen LogP contribution is 2.43. The lowest BCUT2D eigenvalue weighted by Gasteiger charge is -2.14. The third-order valence-corrected chi connectivity index (χ3v) is 8.18. The van der Waals surface area contributed by atoms with E-state index in [1.807, 2.05) is 41.8 Å². The maximum absolute atomic E-state index is 12.6. The number of aromatic nitrogens is 2. The number of benzene rings is 3. The van der Waals surface area contributed by atoms with Gasteiger partial charge in [0.2, 0.25) is 11.7 Å². The summed E-state index contributed by atoms with van der Waals surface area (Å²) in [6.07, 6.45) is 0.225. The van der Waals surface area contributed by atoms with Gasteiger partial charge in [0.1, 0.15) is 15.7 Å². The predicted octanol–water partition coefficient (Wildman–Crippen LogP) is 7.12. The Bertz CT molecular complexity index is 1680. The number of nitrogens with one attached hydrogen (secondary N) is 2. The molecule has 0 fully saturated rings. The van der Waals surface area contributed by atoms with Crippen LogP contribution in [0.25, 0.3) is 21.1 Å². The summed E-state index contributed by atoms with van der Waals surface area (Å²) >= 11 is 8.89. The normalized spacial score (nSPS) is 10.7. The van der Waals surface area contributed by atoms with Crippen molar-refractivity contribution in [3.8, 4) is 38.4 Å². The van der Waals surface area contributed by atoms with Crippen molar-refractivity contribution in [1.29, 1.82) is 0 Å². The third kappa shape index (κ3) is 6.54. The summed E-state index contributed by atoms with van der Waals surface area (Å²) in [5.41, 5.74) is 10.1. The summed E-state index contributed by atoms with van der Waals surface area (Å²) < 4.78 is 16.3. The van der Waals surface area contributed by atoms with Crippen molar-refractivity contribution >= 4 is 62.5 Å². The first-order valence-electron chi connectivity index (χ1n) is 12.3. The minimum atomic E-state index is -0.132. The van der Waals surface area contributed by atoms with Crippen molar-refractivity contribution in [2.75, 3.05) is 37.7 Å². The van der Waals surface area contributed by atoms with Crippen LogP contribution in [-0.4, -0.2) is 37.2 Å². The van der Waals surface area contributed by atoms with Gasteiger partial charge in [-0.3, -0.25) is 4.79 Å². The molecule has 0 saturated carbocycles. The second kappa shape index (κ2) is 12.5. The molecule has 9 nitrogen and oxygen atoms in total. The minimum absolute atomic E-state index is 0.132. The van der Waals surface area contributed by atoms with Crippen LogP contribution < -0.4 is 30.6 Å². The number of rotatable bonds is 10. The average molecular weight is 608 g/mol. The third-order valence-electron chi connectivity index (χ3n) is 5.96. The molecule has 1 amide bonds. The number of carbonyl (C=O) groups is 1. The van der Waals surface area contributed by atoms with Crippen molar-refractivity contribution in [3.05, 3.63) is 76.6 Å². The quantitative estimate of drug-likeness (QED) is 0.153. The summed E-state index contributed by atoms with van der Waals surface area (Å²) in [6.45, 7) is 0. The molecule has 5 aromatic rings. The number of nitrogen functional groups attached to an aromatic ring is 1. The average Bonchev–Trinajstić information content (AvgIpc) is 3.59. The maximum Gasteiger partial charge on any atom is 0.228 e. The molecule has 41 heavy (non-hydrogen) atoms. The number of halogens is 1. The highest BCUT2D eigenvalue weighted by molar-refractivity contribution is 7.23. The predicted molar refractivity (Wildman–Crippen MR) is 166 cm³/mol. The largest absolute Gasteiger partial charge is 0.493 e. The van der Waals surface area contributed by atoms with Crippen LogP contribution in [0.5, 0.6) is 17.2 Å². The molecular formula is C29H26ClN5O4S2. The molecule has 12 heteroatoms. The Balaban J connectivity index is 1.31. The SMILES string of the molecule is COc1cc(Nc2nc(N)c(-c3nc(-c4cccc(NC(=O)Cc5cccc(Cl)c5)c4)cs3)s2)cc(OC)c1OC. The lowest BCUT2D eigenvalue weighted by Crippen LogP contribution is -2.14. The van der Waals surface area contributed by atoms with Gasteiger partial charge in [0.25, 0.3) is 0 Å². The Morgan fingerprint density at radius 2 is 1.71 bits per heavy atom. The fraction of sp³-hybridized carbons (Fsp3) is 0.138. The van der Waals surface area contributed by atoms with Gasteiger partial charge in [-0.1, -0.05) is 47.2 Å². The number of nitrogens with two attached hydrogens (primary N) is 1. The van der Waals surface area contributed by atoms with Crippen molar-refractivity contribution in [1.82, 2.24) is 9.97 Å². The molecule has 5 rings (SSSR count). The van der Waals surface area contributed by atoms with E-state index in [1.54, 1.807) is 45.6 Å². The first-order chi connectivity index (χ1) is 19.9. The number of nitrogens with zero attached hydrogens (tertiary/aromatic N) is 2. The van der Waals surface area contributed by atoms with E-state index in [4.69, 9.17) is 36.5 Å². The van der Waals surface area contributed by atoms with Crippen LogP contribution in [0.2, 0.25) is 5.02 Å². The Hall–Kier alpha value is -4.32. The molecule has 4 N–H and O–H groups in total. The number of methoxy groups -OCH3 is 3. The highest BCUT2D eigenvalue weighted by atomic mass is 35.5. The number of thiazole rings is 2. The van der Waals surface area contributed by atoms with E-state index in [0.29, 0.717) is 44.6 Å². The fourth-order valence-corrected chi connectivity index (χ4v) is 6.17. The number of hydrogen-bond acceptors (Lipinski definition) is 10. The van der Waals surface area contributed by atoms with Crippen LogP contribution in [0.3, 0.4) is 0 Å². The van der Waals surface area contributed by atoms with Gasteiger partial charge in [-0.2, -0.15) is 0 Å². The molecule has 0 spiro atoms. The van der Waals surface area contributed by atoms with Crippen LogP contribution in [-0.2, 0) is 11.2 Å². The van der Waals surface area contributed by atoms with Crippen molar-refractivity contribution in [2.24, 2.45) is 0 Å². The molecule has 0 atom stereocenters. The Morgan fingerprint density at radius 1 is 0.951 bits per heavy atom. The van der Waals surface area contributed by atoms with Gasteiger partial charge < -0.3 is 30.6 Å². The van der Waals surface area contributed by atoms with E-state index in [1.165, 1.54) is 22.7 Å². The number of hydrogen-bond donors (Lipinski definition) is 3. The summed E-state index contributed by atoms with van der Waals surface area (Å²) in [7, 11) is 4.68. The number of amides is 1. The molecule has 0 aliphatic carbocycles. The van der Waals surface area contributed by atoms with Gasteiger partial charge in [0, 0.05) is 39.5 Å². The Labute approximate surface area is 249 Å². The molecule has 2 heterocycles. The second-order valence-electron chi connectivity index (χ2n) is 8.75. The van der Waals surface area contributed by atoms with E-state index in [9.17, 15) is 4.79 Å². The molecular weight excluding hydrogens is 582 g/mol. The van der Waals surface area contributed by atoms with Crippen LogP contribution in [0.15, 0.2) is 66.0 Å². The molecule has 210 valence electrons. The number of carbonyl (C=O) groups excluding carboxylic acids is 1. The van der Waals surface area contributed by atoms with Gasteiger partial charge >= 0.3 is 0 Å². The monoisotopic (exact) mass is 607 g/mol. The molecule has 0 unspecified atom stereocenters. The molecule has 0 aliphatic heterocycles. The van der Waals surface area contributed by atoms with E-state index in [0.717, 1.165) is 26.7 Å². The highest BCUT2D eigenvalue weighted by Gasteiger charge is 2.18. The van der Waals surface area contributed by atoms with Gasteiger partial charge in [-0.25, -0.2) is 9.97 Å². The molecule has 0 aliphatic rings. The van der Waals surface area contributed by atoms with Crippen LogP contribution in [0, 0.1) is 0 Å². The first-order valence-corrected chi connectivity index (χ1v) is 14.4. The van der Waals surface area contributed by atoms with E-state index in [-0.39, 0.29) is 12.3 Å². The molecule has 2 aromatic heterocycles. The van der Waals surface area contributed by atoms with Crippen LogP contribution in [0.4, 0.5) is 22.3 Å². The zero-order valence-corrected chi connectivity index (χ0v) is 24.7. The number of ether oxygens (including phenoxy) is 3. The summed E-state index contributed by atoms with van der Waals surface area (Å²) in [5, 5.41) is 10.1. The van der Waals surface area contributed by atoms with E-state index < -0.39 is 0 Å². The fourth-order valence-electron chi connectivity index (χ4n) is 4.12. The van der Waals surface area contributed by atoms with Crippen molar-refractivity contribution in [3.63, 3.8) is 0 Å². The van der Waals surface area contributed by atoms with Gasteiger partial charge in [0.05, 0.1) is 33.4 Å². The lowest BCUT2D eigenvalue weighted by molar-refractivity contribution is -0.115. The topological polar surface area (TPSA) is 121 Å². The zero-order chi connectivity index (χ0) is 28.9. The van der Waals surface area contributed by atoms with Crippen LogP contribution >= 0.6 is 34.3 Å². The van der Waals surface area contributed by atoms with Crippen molar-refractivity contribution in [2.45, 2.75) is 6.42 Å². The smallest absolute Gasteiger partial charge is 0.228 e. The molecule has 0 bridgehead atoms. The zero-order valence-electron chi connectivity index (χ0n) is 22.4. The van der Waals surface area contributed by atoms with Gasteiger partial charge in [-0.05, 0) is 29.8 Å². The lowest BCUT2D eigenvalue weighted by atomic mass is 10.1. The maximum atomic E-state index is 12.6. The molecule has 0 saturated heterocycles. The Morgan fingerprint density at radius 3 is 2.41 bits per heavy atom. The number of anilines is 4. The summed E-state index contributed by atoms with van der Waals surface area (Å²) in [4.78, 5) is 22.6. The standard InChI is InChI=1S/C29H26ClN5O4S2/c1-37-22-13-20(14-23(38-2)25(22)39-3)33-29-35-27(31)26(41-29)28-34-21(15-40-28)17-7-5-9-19(12-17)32-24(36)11-16-6-4-8-18(30)10-16/h4-10,12-15H,11,31H2,1-3H3,(H,32,36)(H,33,35). The minimum Gasteiger partial charge on any atom is -0.493 e. The van der Waals surface area contributed by atoms with Crippen LogP contribution in [0.1, 0.15) is 5.56 Å². The summed E-state index contributed by atoms with van der Waals surface area (Å²) in [5.74, 6) is 1.78. The second-order valence-corrected chi connectivity index (χ2v) is 11.0. The van der Waals surface area contributed by atoms with Crippen molar-refractivity contribution < 1.29 is 19.0 Å². The Kier molecular flexibility index (Phi) is 8.58. The van der Waals surface area contributed by atoms with Gasteiger partial charge in [-0.15, -0.1) is 11.3 Å². The first kappa shape index (κ1) is 28.2. The van der Waals surface area contributed by atoms with E-state index in [2.05, 4.69) is 15.6 Å². The van der Waals surface area contributed by atoms with Gasteiger partial charge in [0.15, 0.2) is 16.6 Å². The van der Waals surface area contributed by atoms with E-state index >= 15 is 0 Å². The summed E-state index contributed by atoms with van der Waals surface area (Å²) in [6, 6.07) is 18.4.